The molecule has 0 aliphatic heterocycles. The molecule has 0 saturated carbocycles. The van der Waals surface area contributed by atoms with Crippen LogP contribution in [0.15, 0.2) is 34.9 Å². The lowest BCUT2D eigenvalue weighted by Crippen LogP contribution is -2.00. The van der Waals surface area contributed by atoms with Gasteiger partial charge in [-0.25, -0.2) is 0 Å². The third-order valence-electron chi connectivity index (χ3n) is 2.26. The lowest BCUT2D eigenvalue weighted by molar-refractivity contribution is 0.392. The summed E-state index contributed by atoms with van der Waals surface area (Å²) in [5.74, 6) is 1.56. The second-order valence-electron chi connectivity index (χ2n) is 3.75. The van der Waals surface area contributed by atoms with Gasteiger partial charge in [-0.1, -0.05) is 35.0 Å². The van der Waals surface area contributed by atoms with Crippen LogP contribution in [-0.4, -0.2) is 9.37 Å². The average molecular weight is 270 g/mol. The first-order valence-electron chi connectivity index (χ1n) is 5.16. The molecule has 0 radical (unpaired) electrons. The van der Waals surface area contributed by atoms with Crippen molar-refractivity contribution in [1.29, 1.82) is 0 Å². The van der Waals surface area contributed by atoms with Gasteiger partial charge in [-0.15, -0.1) is 0 Å². The Hall–Kier alpha value is -1.13. The molecule has 0 aliphatic rings. The van der Waals surface area contributed by atoms with E-state index in [0.717, 1.165) is 11.3 Å². The zero-order chi connectivity index (χ0) is 12.3. The van der Waals surface area contributed by atoms with Gasteiger partial charge >= 0.3 is 0 Å². The Balaban J connectivity index is 2.01. The normalized spacial score (nSPS) is 12.6. The predicted octanol–water partition coefficient (Wildman–Crippen LogP) is 3.09. The zero-order valence-corrected chi connectivity index (χ0v) is 10.9. The molecule has 0 unspecified atom stereocenters. The monoisotopic (exact) mass is 269 g/mol. The Labute approximate surface area is 107 Å². The fraction of sp³-hybridized carbons (Fsp3) is 0.250. The van der Waals surface area contributed by atoms with Gasteiger partial charge in [-0.3, -0.25) is 4.21 Å². The minimum absolute atomic E-state index is 0.391. The molecular weight excluding hydrogens is 258 g/mol. The quantitative estimate of drug-likeness (QED) is 0.857. The van der Waals surface area contributed by atoms with E-state index in [1.54, 1.807) is 12.1 Å². The molecule has 2 aromatic rings. The van der Waals surface area contributed by atoms with Crippen LogP contribution in [0.3, 0.4) is 0 Å². The molecule has 17 heavy (non-hydrogen) atoms. The number of halogens is 1. The standard InChI is InChI=1S/C12H12ClNO2S/c1-9-6-11(14-16-9)8-17(15)7-10-4-2-3-5-12(10)13/h2-6H,7-8H2,1H3/t17-/m0/s1. The third-order valence-corrected chi connectivity index (χ3v) is 3.88. The molecule has 0 amide bonds. The van der Waals surface area contributed by atoms with Crippen LogP contribution in [0.5, 0.6) is 0 Å². The number of rotatable bonds is 4. The van der Waals surface area contributed by atoms with Gasteiger partial charge in [0.05, 0.1) is 17.2 Å². The molecule has 5 heteroatoms. The number of aromatic nitrogens is 1. The van der Waals surface area contributed by atoms with Crippen molar-refractivity contribution in [3.05, 3.63) is 52.4 Å². The van der Waals surface area contributed by atoms with E-state index in [1.165, 1.54) is 0 Å². The van der Waals surface area contributed by atoms with Gasteiger partial charge in [-0.05, 0) is 18.6 Å². The summed E-state index contributed by atoms with van der Waals surface area (Å²) < 4.78 is 16.8. The van der Waals surface area contributed by atoms with Crippen molar-refractivity contribution in [2.75, 3.05) is 0 Å². The average Bonchev–Trinajstić information content (AvgIpc) is 2.67. The maximum Gasteiger partial charge on any atom is 0.133 e. The highest BCUT2D eigenvalue weighted by Gasteiger charge is 2.08. The maximum absolute atomic E-state index is 11.9. The Morgan fingerprint density at radius 3 is 2.76 bits per heavy atom. The summed E-state index contributed by atoms with van der Waals surface area (Å²) >= 11 is 6.01. The lowest BCUT2D eigenvalue weighted by atomic mass is 10.2. The van der Waals surface area contributed by atoms with Crippen molar-refractivity contribution < 1.29 is 8.73 Å². The fourth-order valence-corrected chi connectivity index (χ4v) is 2.94. The topological polar surface area (TPSA) is 43.1 Å². The van der Waals surface area contributed by atoms with Crippen molar-refractivity contribution in [2.24, 2.45) is 0 Å². The highest BCUT2D eigenvalue weighted by Crippen LogP contribution is 2.17. The summed E-state index contributed by atoms with van der Waals surface area (Å²) in [6, 6.07) is 9.22. The van der Waals surface area contributed by atoms with Crippen molar-refractivity contribution in [3.8, 4) is 0 Å². The fourth-order valence-electron chi connectivity index (χ4n) is 1.49. The van der Waals surface area contributed by atoms with Gasteiger partial charge < -0.3 is 4.52 Å². The first-order valence-corrected chi connectivity index (χ1v) is 7.02. The molecule has 0 fully saturated rings. The van der Waals surface area contributed by atoms with Gasteiger partial charge in [0.2, 0.25) is 0 Å². The Kier molecular flexibility index (Phi) is 3.97. The summed E-state index contributed by atoms with van der Waals surface area (Å²) in [5, 5.41) is 4.47. The smallest absolute Gasteiger partial charge is 0.133 e. The van der Waals surface area contributed by atoms with E-state index in [4.69, 9.17) is 16.1 Å². The van der Waals surface area contributed by atoms with Crippen LogP contribution in [0.25, 0.3) is 0 Å². The summed E-state index contributed by atoms with van der Waals surface area (Å²) in [7, 11) is -1.03. The van der Waals surface area contributed by atoms with Crippen molar-refractivity contribution in [3.63, 3.8) is 0 Å². The number of hydrogen-bond donors (Lipinski definition) is 0. The van der Waals surface area contributed by atoms with E-state index in [1.807, 2.05) is 25.1 Å². The summed E-state index contributed by atoms with van der Waals surface area (Å²) in [6.07, 6.45) is 0. The molecule has 3 nitrogen and oxygen atoms in total. The summed E-state index contributed by atoms with van der Waals surface area (Å²) in [4.78, 5) is 0. The Bertz CT molecular complexity index is 539. The molecule has 1 aromatic carbocycles. The van der Waals surface area contributed by atoms with Crippen LogP contribution >= 0.6 is 11.6 Å². The van der Waals surface area contributed by atoms with Crippen LogP contribution in [0.2, 0.25) is 5.02 Å². The molecule has 90 valence electrons. The van der Waals surface area contributed by atoms with Gasteiger partial charge in [0.1, 0.15) is 5.76 Å². The Morgan fingerprint density at radius 1 is 1.35 bits per heavy atom. The molecule has 1 atom stereocenters. The second-order valence-corrected chi connectivity index (χ2v) is 5.61. The van der Waals surface area contributed by atoms with Crippen LogP contribution in [0.4, 0.5) is 0 Å². The number of hydrogen-bond acceptors (Lipinski definition) is 3. The number of nitrogens with zero attached hydrogens (tertiary/aromatic N) is 1. The molecule has 0 aliphatic carbocycles. The molecule has 1 aromatic heterocycles. The number of aryl methyl sites for hydroxylation is 1. The van der Waals surface area contributed by atoms with Crippen molar-refractivity contribution in [2.45, 2.75) is 18.4 Å². The van der Waals surface area contributed by atoms with Crippen LogP contribution in [-0.2, 0) is 22.3 Å². The van der Waals surface area contributed by atoms with Gasteiger partial charge in [0, 0.05) is 21.9 Å². The van der Waals surface area contributed by atoms with Crippen LogP contribution in [0.1, 0.15) is 17.0 Å². The largest absolute Gasteiger partial charge is 0.361 e. The zero-order valence-electron chi connectivity index (χ0n) is 9.35. The molecule has 0 spiro atoms. The van der Waals surface area contributed by atoms with Gasteiger partial charge in [0.15, 0.2) is 0 Å². The predicted molar refractivity (Wildman–Crippen MR) is 68.2 cm³/mol. The minimum atomic E-state index is -1.03. The highest BCUT2D eigenvalue weighted by molar-refractivity contribution is 7.83. The van der Waals surface area contributed by atoms with E-state index in [2.05, 4.69) is 5.16 Å². The Morgan fingerprint density at radius 2 is 2.12 bits per heavy atom. The van der Waals surface area contributed by atoms with Crippen molar-refractivity contribution >= 4 is 22.4 Å². The molecule has 2 rings (SSSR count). The molecule has 0 bridgehead atoms. The first kappa shape index (κ1) is 12.3. The molecule has 0 N–H and O–H groups in total. The maximum atomic E-state index is 11.9. The molecule has 0 saturated heterocycles. The van der Waals surface area contributed by atoms with Gasteiger partial charge in [-0.2, -0.15) is 0 Å². The summed E-state index contributed by atoms with van der Waals surface area (Å²) in [5.41, 5.74) is 1.61. The lowest BCUT2D eigenvalue weighted by Gasteiger charge is -2.02. The van der Waals surface area contributed by atoms with E-state index >= 15 is 0 Å². The van der Waals surface area contributed by atoms with E-state index in [-0.39, 0.29) is 0 Å². The first-order chi connectivity index (χ1) is 8.15. The van der Waals surface area contributed by atoms with Crippen LogP contribution in [0, 0.1) is 6.92 Å². The second kappa shape index (κ2) is 5.47. The third kappa shape index (κ3) is 3.41. The molecular formula is C12H12ClNO2S. The summed E-state index contributed by atoms with van der Waals surface area (Å²) in [6.45, 7) is 1.81. The SMILES string of the molecule is Cc1cc(C[S@@](=O)Cc2ccccc2Cl)no1. The van der Waals surface area contributed by atoms with Crippen molar-refractivity contribution in [1.82, 2.24) is 5.16 Å². The minimum Gasteiger partial charge on any atom is -0.361 e. The molecule has 1 heterocycles. The van der Waals surface area contributed by atoms with E-state index in [0.29, 0.717) is 22.2 Å². The van der Waals surface area contributed by atoms with E-state index in [9.17, 15) is 4.21 Å². The van der Waals surface area contributed by atoms with Crippen LogP contribution < -0.4 is 0 Å². The number of benzene rings is 1. The van der Waals surface area contributed by atoms with E-state index < -0.39 is 10.8 Å². The van der Waals surface area contributed by atoms with Gasteiger partial charge in [0.25, 0.3) is 0 Å². The highest BCUT2D eigenvalue weighted by atomic mass is 35.5.